The zero-order valence-electron chi connectivity index (χ0n) is 17.1. The van der Waals surface area contributed by atoms with E-state index in [-0.39, 0.29) is 12.1 Å². The molecule has 0 saturated carbocycles. The topological polar surface area (TPSA) is 99.8 Å². The quantitative estimate of drug-likeness (QED) is 0.588. The van der Waals surface area contributed by atoms with E-state index in [0.29, 0.717) is 36.3 Å². The Morgan fingerprint density at radius 2 is 1.77 bits per heavy atom. The number of aldehydes is 1. The number of aromatic nitrogens is 2. The maximum absolute atomic E-state index is 12.7. The predicted molar refractivity (Wildman–Crippen MR) is 118 cm³/mol. The molecule has 0 aliphatic carbocycles. The second-order valence-electron chi connectivity index (χ2n) is 6.43. The van der Waals surface area contributed by atoms with Crippen LogP contribution >= 0.6 is 0 Å². The summed E-state index contributed by atoms with van der Waals surface area (Å²) in [5, 5.41) is 14.7. The summed E-state index contributed by atoms with van der Waals surface area (Å²) in [5.41, 5.74) is 2.52. The van der Waals surface area contributed by atoms with Gasteiger partial charge in [-0.05, 0) is 38.2 Å². The van der Waals surface area contributed by atoms with Gasteiger partial charge >= 0.3 is 0 Å². The summed E-state index contributed by atoms with van der Waals surface area (Å²) in [6, 6.07) is 18.7. The number of nitrogens with one attached hydrogen (secondary N) is 2. The van der Waals surface area contributed by atoms with E-state index in [0.717, 1.165) is 11.1 Å². The van der Waals surface area contributed by atoms with E-state index in [4.69, 9.17) is 5.26 Å². The summed E-state index contributed by atoms with van der Waals surface area (Å²) >= 11 is 0. The largest absolute Gasteiger partial charge is 0.379 e. The van der Waals surface area contributed by atoms with E-state index in [1.54, 1.807) is 12.1 Å². The van der Waals surface area contributed by atoms with Gasteiger partial charge < -0.3 is 15.4 Å². The molecule has 3 rings (SSSR count). The van der Waals surface area contributed by atoms with Gasteiger partial charge in [0.25, 0.3) is 5.56 Å². The molecule has 1 aromatic heterocycles. The van der Waals surface area contributed by atoms with Crippen LogP contribution in [0.3, 0.4) is 0 Å². The average molecular weight is 403 g/mol. The van der Waals surface area contributed by atoms with E-state index >= 15 is 0 Å². The lowest BCUT2D eigenvalue weighted by Crippen LogP contribution is -2.27. The molecule has 2 N–H and O–H groups in total. The van der Waals surface area contributed by atoms with E-state index in [1.807, 2.05) is 56.6 Å². The van der Waals surface area contributed by atoms with Gasteiger partial charge in [0.15, 0.2) is 0 Å². The number of benzene rings is 2. The fourth-order valence-corrected chi connectivity index (χ4v) is 2.76. The van der Waals surface area contributed by atoms with Crippen molar-refractivity contribution in [3.63, 3.8) is 0 Å². The number of carbonyl (C=O) groups excluding carboxylic acids is 1. The zero-order chi connectivity index (χ0) is 21.8. The van der Waals surface area contributed by atoms with Crippen LogP contribution in [0.2, 0.25) is 0 Å². The molecule has 0 aliphatic heterocycles. The zero-order valence-corrected chi connectivity index (χ0v) is 17.1. The predicted octanol–water partition coefficient (Wildman–Crippen LogP) is 2.47. The molecule has 2 aromatic carbocycles. The molecule has 0 amide bonds. The van der Waals surface area contributed by atoms with E-state index in [1.165, 1.54) is 10.8 Å². The molecule has 7 heteroatoms. The van der Waals surface area contributed by atoms with Gasteiger partial charge in [-0.25, -0.2) is 4.98 Å². The number of carbonyl (C=O) groups is 1. The van der Waals surface area contributed by atoms with Crippen molar-refractivity contribution in [2.45, 2.75) is 13.0 Å². The molecule has 0 unspecified atom stereocenters. The molecule has 0 bridgehead atoms. The Labute approximate surface area is 176 Å². The number of nitrogens with zero attached hydrogens (tertiary/aromatic N) is 3. The normalized spacial score (nSPS) is 9.77. The molecule has 3 aromatic rings. The first-order valence-electron chi connectivity index (χ1n) is 9.54. The molecular weight excluding hydrogens is 378 g/mol. The number of hydrogen-bond acceptors (Lipinski definition) is 6. The summed E-state index contributed by atoms with van der Waals surface area (Å²) in [4.78, 5) is 28.2. The van der Waals surface area contributed by atoms with Crippen molar-refractivity contribution < 1.29 is 4.79 Å². The smallest absolute Gasteiger partial charge is 0.277 e. The van der Waals surface area contributed by atoms with Crippen molar-refractivity contribution in [1.82, 2.24) is 14.9 Å². The second-order valence-corrected chi connectivity index (χ2v) is 6.43. The lowest BCUT2D eigenvalue weighted by atomic mass is 10.1. The molecule has 30 heavy (non-hydrogen) atoms. The van der Waals surface area contributed by atoms with E-state index in [9.17, 15) is 9.59 Å². The molecule has 0 radical (unpaired) electrons. The Hall–Kier alpha value is -3.76. The monoisotopic (exact) mass is 403 g/mol. The first-order chi connectivity index (χ1) is 14.6. The molecule has 1 heterocycles. The van der Waals surface area contributed by atoms with Crippen molar-refractivity contribution in [2.75, 3.05) is 26.0 Å². The second kappa shape index (κ2) is 11.9. The standard InChI is InChI=1S/C21H18N4O2.C2H7N/c22-14-17-8-6-16(7-9-17)10-11-23-19-15-24-20(18-4-2-1-3-5-18)25(12-13-26)21(19)27;1-3-2/h1-9,13,15,23H,10-12H2;3H,1-2H3. The summed E-state index contributed by atoms with van der Waals surface area (Å²) < 4.78 is 1.37. The van der Waals surface area contributed by atoms with Gasteiger partial charge in [-0.2, -0.15) is 5.26 Å². The van der Waals surface area contributed by atoms with Crippen molar-refractivity contribution in [2.24, 2.45) is 0 Å². The Bertz CT molecular complexity index is 1040. The van der Waals surface area contributed by atoms with Crippen molar-refractivity contribution >= 4 is 12.0 Å². The highest BCUT2D eigenvalue weighted by Gasteiger charge is 2.11. The molecule has 0 spiro atoms. The van der Waals surface area contributed by atoms with Crippen LogP contribution in [0.1, 0.15) is 11.1 Å². The fourth-order valence-electron chi connectivity index (χ4n) is 2.76. The number of anilines is 1. The Morgan fingerprint density at radius 1 is 1.10 bits per heavy atom. The summed E-state index contributed by atoms with van der Waals surface area (Å²) in [5.74, 6) is 0.463. The third-order valence-electron chi connectivity index (χ3n) is 4.15. The molecule has 154 valence electrons. The van der Waals surface area contributed by atoms with Gasteiger partial charge in [-0.3, -0.25) is 9.36 Å². The SMILES string of the molecule is CNC.N#Cc1ccc(CCNc2cnc(-c3ccccc3)n(CC=O)c2=O)cc1. The van der Waals surface area contributed by atoms with Crippen LogP contribution in [-0.4, -0.2) is 36.5 Å². The van der Waals surface area contributed by atoms with E-state index < -0.39 is 0 Å². The third-order valence-corrected chi connectivity index (χ3v) is 4.15. The minimum absolute atomic E-state index is 0.0544. The number of nitriles is 1. The van der Waals surface area contributed by atoms with Crippen LogP contribution < -0.4 is 16.2 Å². The van der Waals surface area contributed by atoms with Gasteiger partial charge in [-0.1, -0.05) is 42.5 Å². The fraction of sp³-hybridized carbons (Fsp3) is 0.217. The maximum Gasteiger partial charge on any atom is 0.277 e. The lowest BCUT2D eigenvalue weighted by molar-refractivity contribution is -0.108. The van der Waals surface area contributed by atoms with Gasteiger partial charge in [0, 0.05) is 12.1 Å². The van der Waals surface area contributed by atoms with Crippen molar-refractivity contribution in [3.8, 4) is 17.5 Å². The lowest BCUT2D eigenvalue weighted by Gasteiger charge is -2.12. The molecule has 0 atom stereocenters. The molecule has 7 nitrogen and oxygen atoms in total. The van der Waals surface area contributed by atoms with Gasteiger partial charge in [0.05, 0.1) is 24.4 Å². The van der Waals surface area contributed by atoms with Crippen LogP contribution in [0.5, 0.6) is 0 Å². The Balaban J connectivity index is 0.00000101. The summed E-state index contributed by atoms with van der Waals surface area (Å²) in [6.45, 7) is 0.482. The number of hydrogen-bond donors (Lipinski definition) is 2. The average Bonchev–Trinajstić information content (AvgIpc) is 2.78. The highest BCUT2D eigenvalue weighted by molar-refractivity contribution is 5.59. The molecule has 0 aliphatic rings. The van der Waals surface area contributed by atoms with E-state index in [2.05, 4.69) is 21.7 Å². The molecule has 0 saturated heterocycles. The number of rotatable bonds is 7. The van der Waals surface area contributed by atoms with Crippen molar-refractivity contribution in [1.29, 1.82) is 5.26 Å². The highest BCUT2D eigenvalue weighted by Crippen LogP contribution is 2.16. The van der Waals surface area contributed by atoms with Crippen LogP contribution in [0.25, 0.3) is 11.4 Å². The third kappa shape index (κ3) is 6.12. The first kappa shape index (κ1) is 22.5. The molecular formula is C23H25N5O2. The van der Waals surface area contributed by atoms with Crippen LogP contribution in [0.4, 0.5) is 5.69 Å². The Kier molecular flexibility index (Phi) is 8.97. The summed E-state index contributed by atoms with van der Waals surface area (Å²) in [7, 11) is 3.75. The maximum atomic E-state index is 12.7. The molecule has 0 fully saturated rings. The van der Waals surface area contributed by atoms with Gasteiger partial charge in [0.2, 0.25) is 0 Å². The van der Waals surface area contributed by atoms with Crippen molar-refractivity contribution in [3.05, 3.63) is 82.3 Å². The minimum Gasteiger partial charge on any atom is -0.379 e. The minimum atomic E-state index is -0.282. The highest BCUT2D eigenvalue weighted by atomic mass is 16.1. The summed E-state index contributed by atoms with van der Waals surface area (Å²) in [6.07, 6.45) is 2.89. The van der Waals surface area contributed by atoms with Crippen LogP contribution in [0.15, 0.2) is 65.6 Å². The van der Waals surface area contributed by atoms with Crippen LogP contribution in [0, 0.1) is 11.3 Å². The Morgan fingerprint density at radius 3 is 2.37 bits per heavy atom. The first-order valence-corrected chi connectivity index (χ1v) is 9.54. The van der Waals surface area contributed by atoms with Gasteiger partial charge in [0.1, 0.15) is 17.8 Å². The van der Waals surface area contributed by atoms with Gasteiger partial charge in [-0.15, -0.1) is 0 Å². The van der Waals surface area contributed by atoms with Crippen LogP contribution in [-0.2, 0) is 17.8 Å².